The van der Waals surface area contributed by atoms with Crippen LogP contribution in [0, 0.1) is 13.8 Å². The molecule has 0 aliphatic rings. The van der Waals surface area contributed by atoms with Gasteiger partial charge in [-0.05, 0) is 54.8 Å². The first-order valence-corrected chi connectivity index (χ1v) is 7.11. The summed E-state index contributed by atoms with van der Waals surface area (Å²) in [7, 11) is 0. The Balaban J connectivity index is 1.95. The van der Waals surface area contributed by atoms with Crippen molar-refractivity contribution in [3.63, 3.8) is 0 Å². The Morgan fingerprint density at radius 1 is 1.05 bits per heavy atom. The van der Waals surface area contributed by atoms with Crippen LogP contribution in [0.5, 0.6) is 0 Å². The standard InChI is InChI=1S/C16H15BrN2/c1-10-7-14-15(8-11(10)2)19-16(18-14)9-12-3-5-13(17)6-4-12/h3-8H,9H2,1-2H3,(H,18,19). The maximum atomic E-state index is 4.67. The van der Waals surface area contributed by atoms with Gasteiger partial charge in [0, 0.05) is 10.9 Å². The van der Waals surface area contributed by atoms with Crippen molar-refractivity contribution in [2.45, 2.75) is 20.3 Å². The molecule has 0 aliphatic carbocycles. The highest BCUT2D eigenvalue weighted by atomic mass is 79.9. The van der Waals surface area contributed by atoms with E-state index in [0.29, 0.717) is 0 Å². The lowest BCUT2D eigenvalue weighted by Gasteiger charge is -1.98. The molecule has 3 aromatic rings. The summed E-state index contributed by atoms with van der Waals surface area (Å²) in [4.78, 5) is 8.07. The van der Waals surface area contributed by atoms with Gasteiger partial charge < -0.3 is 4.98 Å². The van der Waals surface area contributed by atoms with Crippen molar-refractivity contribution in [2.75, 3.05) is 0 Å². The van der Waals surface area contributed by atoms with E-state index in [9.17, 15) is 0 Å². The molecule has 1 heterocycles. The molecule has 1 aromatic heterocycles. The van der Waals surface area contributed by atoms with Gasteiger partial charge in [-0.15, -0.1) is 0 Å². The summed E-state index contributed by atoms with van der Waals surface area (Å²) >= 11 is 3.45. The Hall–Kier alpha value is -1.61. The van der Waals surface area contributed by atoms with Gasteiger partial charge in [-0.3, -0.25) is 0 Å². The summed E-state index contributed by atoms with van der Waals surface area (Å²) in [6, 6.07) is 12.7. The maximum absolute atomic E-state index is 4.67. The highest BCUT2D eigenvalue weighted by Gasteiger charge is 2.05. The summed E-state index contributed by atoms with van der Waals surface area (Å²) in [5.41, 5.74) is 6.02. The summed E-state index contributed by atoms with van der Waals surface area (Å²) in [5, 5.41) is 0. The normalized spacial score (nSPS) is 11.1. The Morgan fingerprint density at radius 3 is 2.47 bits per heavy atom. The fourth-order valence-electron chi connectivity index (χ4n) is 2.20. The minimum Gasteiger partial charge on any atom is -0.342 e. The lowest BCUT2D eigenvalue weighted by molar-refractivity contribution is 1.04. The number of aryl methyl sites for hydroxylation is 2. The van der Waals surface area contributed by atoms with E-state index < -0.39 is 0 Å². The van der Waals surface area contributed by atoms with Crippen molar-refractivity contribution in [3.05, 3.63) is 63.4 Å². The minimum absolute atomic E-state index is 0.833. The Kier molecular flexibility index (Phi) is 3.15. The molecule has 0 saturated heterocycles. The summed E-state index contributed by atoms with van der Waals surface area (Å²) < 4.78 is 1.10. The average molecular weight is 315 g/mol. The molecular weight excluding hydrogens is 300 g/mol. The SMILES string of the molecule is Cc1cc2nc(Cc3ccc(Br)cc3)[nH]c2cc1C. The topological polar surface area (TPSA) is 28.7 Å². The minimum atomic E-state index is 0.833. The molecule has 3 heteroatoms. The molecule has 2 nitrogen and oxygen atoms in total. The third kappa shape index (κ3) is 2.56. The lowest BCUT2D eigenvalue weighted by Crippen LogP contribution is -1.89. The van der Waals surface area contributed by atoms with Crippen LogP contribution in [0.1, 0.15) is 22.5 Å². The van der Waals surface area contributed by atoms with Crippen molar-refractivity contribution in [3.8, 4) is 0 Å². The zero-order valence-corrected chi connectivity index (χ0v) is 12.6. The first-order chi connectivity index (χ1) is 9.11. The predicted octanol–water partition coefficient (Wildman–Crippen LogP) is 4.53. The number of fused-ring (bicyclic) bond motifs is 1. The van der Waals surface area contributed by atoms with E-state index in [0.717, 1.165) is 27.8 Å². The Bertz CT molecular complexity index is 687. The Labute approximate surface area is 121 Å². The van der Waals surface area contributed by atoms with Crippen LogP contribution in [0.15, 0.2) is 40.9 Å². The van der Waals surface area contributed by atoms with Crippen LogP contribution in [0.25, 0.3) is 11.0 Å². The summed E-state index contributed by atoms with van der Waals surface area (Å²) in [6.07, 6.45) is 0.833. The van der Waals surface area contributed by atoms with Crippen LogP contribution >= 0.6 is 15.9 Å². The van der Waals surface area contributed by atoms with Crippen LogP contribution in [-0.4, -0.2) is 9.97 Å². The van der Waals surface area contributed by atoms with Gasteiger partial charge >= 0.3 is 0 Å². The first-order valence-electron chi connectivity index (χ1n) is 6.32. The van der Waals surface area contributed by atoms with Crippen molar-refractivity contribution in [1.82, 2.24) is 9.97 Å². The van der Waals surface area contributed by atoms with Gasteiger partial charge in [0.2, 0.25) is 0 Å². The lowest BCUT2D eigenvalue weighted by atomic mass is 10.1. The summed E-state index contributed by atoms with van der Waals surface area (Å²) in [6.45, 7) is 4.25. The molecule has 0 radical (unpaired) electrons. The maximum Gasteiger partial charge on any atom is 0.111 e. The van der Waals surface area contributed by atoms with E-state index in [1.807, 2.05) is 0 Å². The molecule has 0 unspecified atom stereocenters. The second-order valence-electron chi connectivity index (χ2n) is 4.94. The van der Waals surface area contributed by atoms with Crippen LogP contribution in [0.4, 0.5) is 0 Å². The molecule has 2 aromatic carbocycles. The van der Waals surface area contributed by atoms with Crippen LogP contribution in [0.3, 0.4) is 0 Å². The van der Waals surface area contributed by atoms with E-state index in [-0.39, 0.29) is 0 Å². The van der Waals surface area contributed by atoms with Crippen molar-refractivity contribution in [2.24, 2.45) is 0 Å². The fraction of sp³-hybridized carbons (Fsp3) is 0.188. The number of benzene rings is 2. The van der Waals surface area contributed by atoms with Crippen LogP contribution < -0.4 is 0 Å². The van der Waals surface area contributed by atoms with Gasteiger partial charge in [-0.1, -0.05) is 28.1 Å². The number of H-pyrrole nitrogens is 1. The third-order valence-electron chi connectivity index (χ3n) is 3.43. The van der Waals surface area contributed by atoms with E-state index in [4.69, 9.17) is 0 Å². The number of hydrogen-bond acceptors (Lipinski definition) is 1. The highest BCUT2D eigenvalue weighted by Crippen LogP contribution is 2.19. The molecule has 0 aliphatic heterocycles. The van der Waals surface area contributed by atoms with Gasteiger partial charge in [0.15, 0.2) is 0 Å². The van der Waals surface area contributed by atoms with Crippen molar-refractivity contribution >= 4 is 27.0 Å². The molecule has 1 N–H and O–H groups in total. The predicted molar refractivity (Wildman–Crippen MR) is 82.5 cm³/mol. The van der Waals surface area contributed by atoms with Gasteiger partial charge in [0.05, 0.1) is 11.0 Å². The smallest absolute Gasteiger partial charge is 0.111 e. The van der Waals surface area contributed by atoms with Crippen molar-refractivity contribution < 1.29 is 0 Å². The monoisotopic (exact) mass is 314 g/mol. The number of halogens is 1. The molecule has 0 spiro atoms. The number of nitrogens with zero attached hydrogens (tertiary/aromatic N) is 1. The number of imidazole rings is 1. The van der Waals surface area contributed by atoms with E-state index in [1.54, 1.807) is 0 Å². The number of aromatic nitrogens is 2. The molecule has 0 saturated carbocycles. The molecule has 3 rings (SSSR count). The molecule has 0 amide bonds. The Morgan fingerprint density at radius 2 is 1.74 bits per heavy atom. The molecule has 96 valence electrons. The molecule has 0 bridgehead atoms. The largest absolute Gasteiger partial charge is 0.342 e. The molecule has 0 atom stereocenters. The first kappa shape index (κ1) is 12.4. The quantitative estimate of drug-likeness (QED) is 0.739. The van der Waals surface area contributed by atoms with Gasteiger partial charge in [-0.25, -0.2) is 4.98 Å². The molecule has 19 heavy (non-hydrogen) atoms. The van der Waals surface area contributed by atoms with Gasteiger partial charge in [-0.2, -0.15) is 0 Å². The van der Waals surface area contributed by atoms with Crippen LogP contribution in [-0.2, 0) is 6.42 Å². The molecular formula is C16H15BrN2. The zero-order chi connectivity index (χ0) is 13.4. The van der Waals surface area contributed by atoms with E-state index in [1.165, 1.54) is 16.7 Å². The number of nitrogens with one attached hydrogen (secondary N) is 1. The number of hydrogen-bond donors (Lipinski definition) is 1. The van der Waals surface area contributed by atoms with Crippen molar-refractivity contribution in [1.29, 1.82) is 0 Å². The van der Waals surface area contributed by atoms with Gasteiger partial charge in [0.1, 0.15) is 5.82 Å². The third-order valence-corrected chi connectivity index (χ3v) is 3.96. The molecule has 0 fully saturated rings. The second-order valence-corrected chi connectivity index (χ2v) is 5.86. The van der Waals surface area contributed by atoms with E-state index >= 15 is 0 Å². The summed E-state index contributed by atoms with van der Waals surface area (Å²) in [5.74, 6) is 1.02. The van der Waals surface area contributed by atoms with E-state index in [2.05, 4.69) is 76.1 Å². The number of aromatic amines is 1. The number of rotatable bonds is 2. The van der Waals surface area contributed by atoms with Gasteiger partial charge in [0.25, 0.3) is 0 Å². The average Bonchev–Trinajstić information content (AvgIpc) is 2.74. The highest BCUT2D eigenvalue weighted by molar-refractivity contribution is 9.10. The second kappa shape index (κ2) is 4.82. The van der Waals surface area contributed by atoms with Crippen LogP contribution in [0.2, 0.25) is 0 Å². The fourth-order valence-corrected chi connectivity index (χ4v) is 2.47. The zero-order valence-electron chi connectivity index (χ0n) is 11.0.